The molecule has 1 aliphatic rings. The number of amidine groups is 1. The Morgan fingerprint density at radius 2 is 1.91 bits per heavy atom. The van der Waals surface area contributed by atoms with Gasteiger partial charge in [-0.2, -0.15) is 0 Å². The molecule has 23 heavy (non-hydrogen) atoms. The summed E-state index contributed by atoms with van der Waals surface area (Å²) in [7, 11) is 1.62. The first-order valence-electron chi connectivity index (χ1n) is 6.84. The third-order valence-electron chi connectivity index (χ3n) is 3.15. The number of rotatable bonds is 3. The number of nitrogens with zero attached hydrogens (tertiary/aromatic N) is 1. The highest BCUT2D eigenvalue weighted by atomic mass is 79.9. The van der Waals surface area contributed by atoms with E-state index in [4.69, 9.17) is 4.74 Å². The zero-order valence-corrected chi connectivity index (χ0v) is 14.6. The Hall–Kier alpha value is -2.05. The van der Waals surface area contributed by atoms with E-state index in [-0.39, 0.29) is 5.91 Å². The van der Waals surface area contributed by atoms with Gasteiger partial charge in [0.1, 0.15) is 5.75 Å². The maximum atomic E-state index is 12.1. The monoisotopic (exact) mass is 388 g/mol. The molecule has 0 aromatic heterocycles. The zero-order valence-electron chi connectivity index (χ0n) is 12.2. The zero-order chi connectivity index (χ0) is 16.2. The average molecular weight is 389 g/mol. The third kappa shape index (κ3) is 3.83. The lowest BCUT2D eigenvalue weighted by Gasteiger charge is -2.00. The lowest BCUT2D eigenvalue weighted by Crippen LogP contribution is -2.19. The second kappa shape index (κ2) is 7.02. The molecule has 1 fully saturated rings. The summed E-state index contributed by atoms with van der Waals surface area (Å²) in [6, 6.07) is 15.1. The van der Waals surface area contributed by atoms with E-state index in [1.165, 1.54) is 11.8 Å². The molecule has 2 aromatic rings. The van der Waals surface area contributed by atoms with E-state index in [2.05, 4.69) is 26.2 Å². The fourth-order valence-corrected chi connectivity index (χ4v) is 3.22. The van der Waals surface area contributed by atoms with E-state index in [0.29, 0.717) is 10.1 Å². The van der Waals surface area contributed by atoms with Crippen LogP contribution in [0.3, 0.4) is 0 Å². The molecule has 1 amide bonds. The number of methoxy groups -OCH3 is 1. The number of amides is 1. The maximum absolute atomic E-state index is 12.1. The molecular formula is C17H13BrN2O2S. The predicted molar refractivity (Wildman–Crippen MR) is 97.9 cm³/mol. The number of halogens is 1. The Morgan fingerprint density at radius 1 is 1.17 bits per heavy atom. The molecule has 2 aromatic carbocycles. The van der Waals surface area contributed by atoms with Crippen LogP contribution < -0.4 is 10.1 Å². The highest BCUT2D eigenvalue weighted by Crippen LogP contribution is 2.30. The number of thioether (sulfide) groups is 1. The molecule has 1 N–H and O–H groups in total. The molecule has 4 nitrogen and oxygen atoms in total. The molecule has 1 heterocycles. The summed E-state index contributed by atoms with van der Waals surface area (Å²) in [5.74, 6) is 0.629. The first-order valence-corrected chi connectivity index (χ1v) is 8.45. The molecular weight excluding hydrogens is 376 g/mol. The Bertz CT molecular complexity index is 800. The molecule has 3 rings (SSSR count). The molecule has 1 aliphatic heterocycles. The van der Waals surface area contributed by atoms with E-state index in [1.54, 1.807) is 7.11 Å². The van der Waals surface area contributed by atoms with Crippen molar-refractivity contribution < 1.29 is 9.53 Å². The largest absolute Gasteiger partial charge is 0.497 e. The number of nitrogens with one attached hydrogen (secondary N) is 1. The van der Waals surface area contributed by atoms with Crippen molar-refractivity contribution in [1.82, 2.24) is 5.32 Å². The number of carbonyl (C=O) groups is 1. The van der Waals surface area contributed by atoms with Crippen molar-refractivity contribution in [3.63, 3.8) is 0 Å². The molecule has 0 bridgehead atoms. The Balaban J connectivity index is 1.81. The van der Waals surface area contributed by atoms with Crippen LogP contribution in [0.1, 0.15) is 5.56 Å². The van der Waals surface area contributed by atoms with E-state index in [0.717, 1.165) is 21.5 Å². The molecule has 116 valence electrons. The summed E-state index contributed by atoms with van der Waals surface area (Å²) in [4.78, 5) is 17.1. The van der Waals surface area contributed by atoms with E-state index < -0.39 is 0 Å². The second-order valence-electron chi connectivity index (χ2n) is 4.70. The third-order valence-corrected chi connectivity index (χ3v) is 4.78. The number of hydrogen-bond acceptors (Lipinski definition) is 4. The summed E-state index contributed by atoms with van der Waals surface area (Å²) in [5.41, 5.74) is 1.71. The SMILES string of the molecule is COc1ccc(N=C2NC(=O)/C(=C/c3ccccc3Br)S2)cc1. The van der Waals surface area contributed by atoms with Gasteiger partial charge >= 0.3 is 0 Å². The van der Waals surface area contributed by atoms with Crippen molar-refractivity contribution in [3.8, 4) is 5.75 Å². The van der Waals surface area contributed by atoms with Gasteiger partial charge in [0.05, 0.1) is 17.7 Å². The minimum absolute atomic E-state index is 0.141. The van der Waals surface area contributed by atoms with Crippen LogP contribution in [0.5, 0.6) is 5.75 Å². The Labute approximate surface area is 146 Å². The molecule has 0 radical (unpaired) electrons. The lowest BCUT2D eigenvalue weighted by atomic mass is 10.2. The standard InChI is InChI=1S/C17H13BrN2O2S/c1-22-13-8-6-12(7-9-13)19-17-20-16(21)15(23-17)10-11-4-2-3-5-14(11)18/h2-10H,1H3,(H,19,20,21)/b15-10-. The van der Waals surface area contributed by atoms with Gasteiger partial charge in [-0.3, -0.25) is 4.79 Å². The highest BCUT2D eigenvalue weighted by molar-refractivity contribution is 9.10. The number of ether oxygens (including phenoxy) is 1. The van der Waals surface area contributed by atoms with Crippen LogP contribution in [0, 0.1) is 0 Å². The fraction of sp³-hybridized carbons (Fsp3) is 0.0588. The van der Waals surface area contributed by atoms with Crippen LogP contribution in [-0.2, 0) is 4.79 Å². The highest BCUT2D eigenvalue weighted by Gasteiger charge is 2.23. The van der Waals surface area contributed by atoms with E-state index >= 15 is 0 Å². The Kier molecular flexibility index (Phi) is 4.83. The second-order valence-corrected chi connectivity index (χ2v) is 6.59. The molecule has 0 saturated carbocycles. The van der Waals surface area contributed by atoms with Crippen LogP contribution in [0.15, 0.2) is 62.9 Å². The van der Waals surface area contributed by atoms with Crippen molar-refractivity contribution in [2.75, 3.05) is 7.11 Å². The van der Waals surface area contributed by atoms with Crippen molar-refractivity contribution >= 4 is 50.5 Å². The van der Waals surface area contributed by atoms with E-state index in [9.17, 15) is 4.79 Å². The van der Waals surface area contributed by atoms with Crippen molar-refractivity contribution in [2.45, 2.75) is 0 Å². The van der Waals surface area contributed by atoms with Crippen molar-refractivity contribution in [1.29, 1.82) is 0 Å². The van der Waals surface area contributed by atoms with Gasteiger partial charge in [0.15, 0.2) is 5.17 Å². The van der Waals surface area contributed by atoms with Crippen LogP contribution in [0.4, 0.5) is 5.69 Å². The van der Waals surface area contributed by atoms with Crippen molar-refractivity contribution in [2.24, 2.45) is 4.99 Å². The molecule has 6 heteroatoms. The van der Waals surface area contributed by atoms with Gasteiger partial charge < -0.3 is 10.1 Å². The summed E-state index contributed by atoms with van der Waals surface area (Å²) in [5, 5.41) is 3.35. The first kappa shape index (κ1) is 15.8. The molecule has 0 atom stereocenters. The minimum atomic E-state index is -0.141. The number of aliphatic imine (C=N–C) groups is 1. The molecule has 1 saturated heterocycles. The smallest absolute Gasteiger partial charge is 0.264 e. The number of carbonyl (C=O) groups excluding carboxylic acids is 1. The summed E-state index contributed by atoms with van der Waals surface area (Å²) >= 11 is 4.80. The van der Waals surface area contributed by atoms with Gasteiger partial charge in [0.25, 0.3) is 5.91 Å². The summed E-state index contributed by atoms with van der Waals surface area (Å²) in [6.45, 7) is 0. The van der Waals surface area contributed by atoms with Gasteiger partial charge in [0.2, 0.25) is 0 Å². The number of hydrogen-bond donors (Lipinski definition) is 1. The minimum Gasteiger partial charge on any atom is -0.497 e. The summed E-state index contributed by atoms with van der Waals surface area (Å²) < 4.78 is 6.06. The van der Waals surface area contributed by atoms with Crippen LogP contribution in [0.2, 0.25) is 0 Å². The first-order chi connectivity index (χ1) is 11.2. The lowest BCUT2D eigenvalue weighted by molar-refractivity contribution is -0.115. The number of benzene rings is 2. The average Bonchev–Trinajstić information content (AvgIpc) is 2.90. The van der Waals surface area contributed by atoms with Crippen LogP contribution in [0.25, 0.3) is 6.08 Å². The van der Waals surface area contributed by atoms with Crippen molar-refractivity contribution in [3.05, 3.63) is 63.5 Å². The quantitative estimate of drug-likeness (QED) is 0.795. The predicted octanol–water partition coefficient (Wildman–Crippen LogP) is 4.35. The molecule has 0 spiro atoms. The topological polar surface area (TPSA) is 50.7 Å². The van der Waals surface area contributed by atoms with Gasteiger partial charge in [-0.25, -0.2) is 4.99 Å². The summed E-state index contributed by atoms with van der Waals surface area (Å²) in [6.07, 6.45) is 1.85. The molecule has 0 aliphatic carbocycles. The normalized spacial score (nSPS) is 17.6. The van der Waals surface area contributed by atoms with Crippen LogP contribution >= 0.6 is 27.7 Å². The molecule has 0 unspecified atom stereocenters. The van der Waals surface area contributed by atoms with Gasteiger partial charge in [-0.1, -0.05) is 34.1 Å². The fourth-order valence-electron chi connectivity index (χ4n) is 1.99. The van der Waals surface area contributed by atoms with Gasteiger partial charge in [-0.15, -0.1) is 0 Å². The Morgan fingerprint density at radius 3 is 2.61 bits per heavy atom. The van der Waals surface area contributed by atoms with E-state index in [1.807, 2.05) is 54.6 Å². The van der Waals surface area contributed by atoms with Gasteiger partial charge in [-0.05, 0) is 53.7 Å². The van der Waals surface area contributed by atoms with Crippen LogP contribution in [-0.4, -0.2) is 18.2 Å². The van der Waals surface area contributed by atoms with Gasteiger partial charge in [0, 0.05) is 4.47 Å². The maximum Gasteiger partial charge on any atom is 0.264 e.